The highest BCUT2D eigenvalue weighted by Gasteiger charge is 2.41. The number of hydrogen-bond acceptors (Lipinski definition) is 5. The number of aromatic nitrogens is 1. The lowest BCUT2D eigenvalue weighted by atomic mass is 9.89. The number of benzene rings is 2. The molecule has 3 aromatic rings. The zero-order valence-corrected chi connectivity index (χ0v) is 24.3. The number of nitrogens with one attached hydrogen (secondary N) is 2. The van der Waals surface area contributed by atoms with E-state index in [0.29, 0.717) is 35.3 Å². The van der Waals surface area contributed by atoms with Crippen LogP contribution in [-0.4, -0.2) is 66.4 Å². The van der Waals surface area contributed by atoms with Crippen molar-refractivity contribution in [3.05, 3.63) is 48.2 Å². The molecule has 2 atom stereocenters. The van der Waals surface area contributed by atoms with Crippen molar-refractivity contribution in [2.45, 2.75) is 62.6 Å². The summed E-state index contributed by atoms with van der Waals surface area (Å²) in [6, 6.07) is 12.3. The van der Waals surface area contributed by atoms with Crippen LogP contribution in [0.5, 0.6) is 5.75 Å². The van der Waals surface area contributed by atoms with Gasteiger partial charge in [0.25, 0.3) is 0 Å². The number of nitrogens with zero attached hydrogens (tertiary/aromatic N) is 2. The number of hydrogen-bond donors (Lipinski definition) is 2. The van der Waals surface area contributed by atoms with Gasteiger partial charge in [-0.25, -0.2) is 4.39 Å². The average Bonchev–Trinajstić information content (AvgIpc) is 3.23. The molecule has 2 aromatic carbocycles. The molecule has 5 nitrogen and oxygen atoms in total. The Bertz CT molecular complexity index is 1390. The third kappa shape index (κ3) is 6.99. The van der Waals surface area contributed by atoms with E-state index in [0.717, 1.165) is 17.1 Å². The van der Waals surface area contributed by atoms with Crippen molar-refractivity contribution in [2.24, 2.45) is 0 Å². The first-order valence-electron chi connectivity index (χ1n) is 13.2. The normalized spacial score (nSPS) is 19.9. The van der Waals surface area contributed by atoms with Crippen LogP contribution in [0.15, 0.2) is 47.4 Å². The Morgan fingerprint density at radius 1 is 1.18 bits per heavy atom. The topological polar surface area (TPSA) is 41.5 Å². The van der Waals surface area contributed by atoms with Crippen molar-refractivity contribution in [2.75, 3.05) is 43.6 Å². The van der Waals surface area contributed by atoms with Crippen LogP contribution in [0.4, 0.5) is 28.9 Å². The third-order valence-corrected chi connectivity index (χ3v) is 8.00. The van der Waals surface area contributed by atoms with Crippen molar-refractivity contribution in [1.29, 1.82) is 0 Å². The number of alkyl halides is 4. The molecule has 0 bridgehead atoms. The molecule has 4 rings (SSSR count). The number of anilines is 2. The first-order chi connectivity index (χ1) is 18.9. The first kappa shape index (κ1) is 29.9. The fourth-order valence-electron chi connectivity index (χ4n) is 5.12. The summed E-state index contributed by atoms with van der Waals surface area (Å²) in [6.07, 6.45) is -1.87. The van der Waals surface area contributed by atoms with Gasteiger partial charge < -0.3 is 19.9 Å². The summed E-state index contributed by atoms with van der Waals surface area (Å²) in [5.41, 5.74) is 0.488. The summed E-state index contributed by atoms with van der Waals surface area (Å²) >= 11 is 1.60. The Hall–Kier alpha value is -3.03. The third-order valence-electron chi connectivity index (χ3n) is 7.28. The van der Waals surface area contributed by atoms with Gasteiger partial charge in [-0.2, -0.15) is 13.2 Å². The number of ether oxygens (including phenoxy) is 1. The summed E-state index contributed by atoms with van der Waals surface area (Å²) in [5.74, 6) is 6.53. The number of methoxy groups -OCH3 is 1. The van der Waals surface area contributed by atoms with Gasteiger partial charge in [0.1, 0.15) is 18.0 Å². The van der Waals surface area contributed by atoms with E-state index in [1.165, 1.54) is 4.57 Å². The zero-order chi connectivity index (χ0) is 29.1. The second kappa shape index (κ2) is 12.2. The van der Waals surface area contributed by atoms with Crippen LogP contribution in [0.2, 0.25) is 0 Å². The molecule has 0 amide bonds. The summed E-state index contributed by atoms with van der Waals surface area (Å²) in [4.78, 5) is 3.15. The maximum absolute atomic E-state index is 15.7. The molecule has 1 aromatic heterocycles. The summed E-state index contributed by atoms with van der Waals surface area (Å²) in [6.45, 7) is 5.75. The van der Waals surface area contributed by atoms with Crippen molar-refractivity contribution >= 4 is 34.0 Å². The van der Waals surface area contributed by atoms with E-state index >= 15 is 4.39 Å². The molecular formula is C30H36F4N4OS. The van der Waals surface area contributed by atoms with Gasteiger partial charge in [-0.05, 0) is 75.8 Å². The van der Waals surface area contributed by atoms with Gasteiger partial charge in [0.15, 0.2) is 0 Å². The van der Waals surface area contributed by atoms with Crippen molar-refractivity contribution in [1.82, 2.24) is 9.47 Å². The minimum Gasteiger partial charge on any atom is -0.495 e. The lowest BCUT2D eigenvalue weighted by Crippen LogP contribution is -2.56. The Balaban J connectivity index is 1.61. The molecule has 10 heteroatoms. The quantitative estimate of drug-likeness (QED) is 0.171. The number of halogens is 4. The Labute approximate surface area is 237 Å². The average molecular weight is 577 g/mol. The van der Waals surface area contributed by atoms with Crippen LogP contribution in [0.25, 0.3) is 10.9 Å². The number of fused-ring (bicyclic) bond motifs is 1. The highest BCUT2D eigenvalue weighted by molar-refractivity contribution is 7.98. The van der Waals surface area contributed by atoms with E-state index in [1.807, 2.05) is 38.3 Å². The fraction of sp³-hybridized carbons (Fsp3) is 0.467. The standard InChI is InChI=1S/C30H36F4N4OS/c1-20(2)37-15-13-28(29(3,31)18-37)36-24-9-6-10-26-23(24)16-21(38(26)19-30(32,33)34)8-7-14-35-25-12-11-22(40-5)17-27(25)39-4/h6,9-12,16-17,20,28,35-36H,13-15,18-19H2,1-5H3/t28-,29+/m0/s1. The Kier molecular flexibility index (Phi) is 9.16. The van der Waals surface area contributed by atoms with Gasteiger partial charge >= 0.3 is 6.18 Å². The van der Waals surface area contributed by atoms with Crippen LogP contribution in [0, 0.1) is 11.8 Å². The smallest absolute Gasteiger partial charge is 0.406 e. The van der Waals surface area contributed by atoms with Crippen molar-refractivity contribution in [3.63, 3.8) is 0 Å². The van der Waals surface area contributed by atoms with Crippen molar-refractivity contribution in [3.8, 4) is 17.6 Å². The van der Waals surface area contributed by atoms with Gasteiger partial charge in [-0.1, -0.05) is 12.0 Å². The molecule has 0 unspecified atom stereocenters. The van der Waals surface area contributed by atoms with E-state index in [9.17, 15) is 13.2 Å². The van der Waals surface area contributed by atoms with Gasteiger partial charge in [-0.3, -0.25) is 4.90 Å². The van der Waals surface area contributed by atoms with E-state index in [1.54, 1.807) is 50.1 Å². The highest BCUT2D eigenvalue weighted by atomic mass is 32.2. The second-order valence-electron chi connectivity index (χ2n) is 10.5. The van der Waals surface area contributed by atoms with E-state index in [-0.39, 0.29) is 18.3 Å². The molecule has 1 aliphatic heterocycles. The molecule has 1 aliphatic rings. The maximum Gasteiger partial charge on any atom is 0.406 e. The lowest BCUT2D eigenvalue weighted by Gasteiger charge is -2.43. The molecule has 40 heavy (non-hydrogen) atoms. The van der Waals surface area contributed by atoms with E-state index in [2.05, 4.69) is 27.4 Å². The molecular weight excluding hydrogens is 540 g/mol. The molecule has 0 aliphatic carbocycles. The van der Waals surface area contributed by atoms with Gasteiger partial charge in [0.05, 0.1) is 36.6 Å². The minimum absolute atomic E-state index is 0.211. The molecule has 2 N–H and O–H groups in total. The molecule has 0 saturated carbocycles. The van der Waals surface area contributed by atoms with Gasteiger partial charge in [0.2, 0.25) is 0 Å². The predicted octanol–water partition coefficient (Wildman–Crippen LogP) is 7.02. The minimum atomic E-state index is -4.43. The predicted molar refractivity (Wildman–Crippen MR) is 156 cm³/mol. The van der Waals surface area contributed by atoms with Crippen LogP contribution in [0.3, 0.4) is 0 Å². The molecule has 216 valence electrons. The molecule has 2 heterocycles. The Morgan fingerprint density at radius 3 is 2.60 bits per heavy atom. The number of thioether (sulfide) groups is 1. The molecule has 0 radical (unpaired) electrons. The lowest BCUT2D eigenvalue weighted by molar-refractivity contribution is -0.140. The monoisotopic (exact) mass is 576 g/mol. The van der Waals surface area contributed by atoms with Crippen LogP contribution >= 0.6 is 11.8 Å². The summed E-state index contributed by atoms with van der Waals surface area (Å²) in [5, 5.41) is 7.07. The van der Waals surface area contributed by atoms with Crippen LogP contribution in [-0.2, 0) is 6.54 Å². The zero-order valence-electron chi connectivity index (χ0n) is 23.5. The number of piperidine rings is 1. The van der Waals surface area contributed by atoms with Gasteiger partial charge in [0, 0.05) is 35.1 Å². The summed E-state index contributed by atoms with van der Waals surface area (Å²) < 4.78 is 63.1. The maximum atomic E-state index is 15.7. The number of rotatable bonds is 8. The second-order valence-corrected chi connectivity index (χ2v) is 11.4. The molecule has 1 saturated heterocycles. The van der Waals surface area contributed by atoms with E-state index in [4.69, 9.17) is 4.74 Å². The largest absolute Gasteiger partial charge is 0.495 e. The first-order valence-corrected chi connectivity index (χ1v) is 14.5. The van der Waals surface area contributed by atoms with Crippen molar-refractivity contribution < 1.29 is 22.3 Å². The molecule has 1 fully saturated rings. The van der Waals surface area contributed by atoms with Crippen LogP contribution in [0.1, 0.15) is 32.9 Å². The SMILES string of the molecule is COc1cc(SC)ccc1NCC#Cc1cc2c(N[C@H]3CCN(C(C)C)C[C@@]3(C)F)cccc2n1CC(F)(F)F. The highest BCUT2D eigenvalue weighted by Crippen LogP contribution is 2.34. The number of likely N-dealkylation sites (tertiary alicyclic amines) is 1. The van der Waals surface area contributed by atoms with Crippen LogP contribution < -0.4 is 15.4 Å². The Morgan fingerprint density at radius 2 is 1.95 bits per heavy atom. The van der Waals surface area contributed by atoms with E-state index < -0.39 is 24.4 Å². The fourth-order valence-corrected chi connectivity index (χ4v) is 5.54. The summed E-state index contributed by atoms with van der Waals surface area (Å²) in [7, 11) is 1.58. The molecule has 0 spiro atoms. The van der Waals surface area contributed by atoms with Gasteiger partial charge in [-0.15, -0.1) is 11.8 Å².